The van der Waals surface area contributed by atoms with E-state index in [1.54, 1.807) is 6.20 Å². The van der Waals surface area contributed by atoms with Gasteiger partial charge in [-0.3, -0.25) is 0 Å². The highest BCUT2D eigenvalue weighted by atomic mass is 127. The Balaban J connectivity index is 2.75. The zero-order valence-electron chi connectivity index (χ0n) is 5.00. The number of aliphatic hydroxyl groups excluding tert-OH is 1. The third-order valence-electron chi connectivity index (χ3n) is 0.806. The number of hydrogen-bond acceptors (Lipinski definition) is 3. The monoisotopic (exact) mass is 238 g/mol. The van der Waals surface area contributed by atoms with E-state index in [4.69, 9.17) is 5.11 Å². The molecule has 0 aliphatic carbocycles. The minimum absolute atomic E-state index is 0.0243. The van der Waals surface area contributed by atoms with Gasteiger partial charge in [0.15, 0.2) is 5.84 Å². The highest BCUT2D eigenvalue weighted by Gasteiger charge is 1.95. The maximum Gasteiger partial charge on any atom is 0.159 e. The number of halogens is 1. The van der Waals surface area contributed by atoms with E-state index in [2.05, 4.69) is 8.14 Å². The molecule has 3 nitrogen and oxygen atoms in total. The number of aliphatic hydroxyl groups is 1. The molecular weight excluding hydrogens is 231 g/mol. The SMILES string of the molecule is CC1=CN=C(CO)N=I1. The van der Waals surface area contributed by atoms with Gasteiger partial charge in [-0.15, -0.1) is 0 Å². The fourth-order valence-electron chi connectivity index (χ4n) is 0.390. The van der Waals surface area contributed by atoms with Crippen LogP contribution in [0.2, 0.25) is 0 Å². The summed E-state index contributed by atoms with van der Waals surface area (Å²) in [7, 11) is 0. The van der Waals surface area contributed by atoms with Gasteiger partial charge in [0.25, 0.3) is 0 Å². The molecule has 0 unspecified atom stereocenters. The molecule has 1 N–H and O–H groups in total. The molecule has 0 amide bonds. The second kappa shape index (κ2) is 3.17. The van der Waals surface area contributed by atoms with Crippen LogP contribution in [0.5, 0.6) is 0 Å². The molecule has 1 aliphatic heterocycles. The fraction of sp³-hybridized carbons (Fsp3) is 0.400. The minimum atomic E-state index is -0.199. The van der Waals surface area contributed by atoms with Gasteiger partial charge in [0.05, 0.1) is 0 Å². The topological polar surface area (TPSA) is 45.0 Å². The van der Waals surface area contributed by atoms with Crippen LogP contribution >= 0.6 is 21.0 Å². The van der Waals surface area contributed by atoms with Crippen molar-refractivity contribution in [1.82, 2.24) is 0 Å². The summed E-state index contributed by atoms with van der Waals surface area (Å²) >= 11 is -0.199. The normalized spacial score (nSPS) is 18.0. The van der Waals surface area contributed by atoms with Crippen molar-refractivity contribution < 1.29 is 5.11 Å². The second-order valence-electron chi connectivity index (χ2n) is 1.59. The van der Waals surface area contributed by atoms with Crippen molar-refractivity contribution in [1.29, 1.82) is 0 Å². The van der Waals surface area contributed by atoms with Gasteiger partial charge in [-0.25, -0.2) is 8.14 Å². The van der Waals surface area contributed by atoms with Crippen LogP contribution in [0.3, 0.4) is 0 Å². The van der Waals surface area contributed by atoms with E-state index >= 15 is 0 Å². The first-order valence-electron chi connectivity index (χ1n) is 2.52. The Morgan fingerprint density at radius 3 is 3.00 bits per heavy atom. The maximum atomic E-state index is 8.54. The molecule has 0 bridgehead atoms. The van der Waals surface area contributed by atoms with Crippen molar-refractivity contribution >= 4 is 26.9 Å². The number of aliphatic imine (C=N–C) groups is 1. The van der Waals surface area contributed by atoms with Crippen LogP contribution in [0.15, 0.2) is 17.9 Å². The Kier molecular flexibility index (Phi) is 2.47. The van der Waals surface area contributed by atoms with Gasteiger partial charge in [-0.05, 0) is 6.92 Å². The minimum Gasteiger partial charge on any atom is -0.388 e. The lowest BCUT2D eigenvalue weighted by atomic mass is 10.6. The van der Waals surface area contributed by atoms with Crippen molar-refractivity contribution in [2.45, 2.75) is 6.92 Å². The van der Waals surface area contributed by atoms with Crippen molar-refractivity contribution in [3.05, 3.63) is 9.78 Å². The lowest BCUT2D eigenvalue weighted by Gasteiger charge is -1.96. The first-order valence-corrected chi connectivity index (χ1v) is 4.57. The molecular formula is C5H7IN2O. The standard InChI is InChI=1S/C5H7IN2O/c1-4-2-7-5(3-9)8-6-4/h2,9H,3H2,1H3. The quantitative estimate of drug-likeness (QED) is 0.689. The third-order valence-corrected chi connectivity index (χ3v) is 2.64. The van der Waals surface area contributed by atoms with Gasteiger partial charge in [-0.1, -0.05) is 0 Å². The summed E-state index contributed by atoms with van der Waals surface area (Å²) < 4.78 is 5.31. The molecule has 0 aromatic heterocycles. The van der Waals surface area contributed by atoms with Crippen LogP contribution in [0.1, 0.15) is 6.92 Å². The average molecular weight is 238 g/mol. The van der Waals surface area contributed by atoms with Gasteiger partial charge >= 0.3 is 0 Å². The summed E-state index contributed by atoms with van der Waals surface area (Å²) in [6.45, 7) is 1.98. The molecule has 4 heteroatoms. The third kappa shape index (κ3) is 1.94. The van der Waals surface area contributed by atoms with E-state index in [0.717, 1.165) is 0 Å². The van der Waals surface area contributed by atoms with Gasteiger partial charge in [0, 0.05) is 30.8 Å². The Labute approximate surface area is 63.7 Å². The molecule has 1 rings (SSSR count). The zero-order valence-corrected chi connectivity index (χ0v) is 7.16. The summed E-state index contributed by atoms with van der Waals surface area (Å²) in [5.74, 6) is 0.577. The Bertz CT molecular complexity index is 195. The Morgan fingerprint density at radius 1 is 1.78 bits per heavy atom. The fourth-order valence-corrected chi connectivity index (χ4v) is 1.59. The molecule has 9 heavy (non-hydrogen) atoms. The number of amidine groups is 1. The summed E-state index contributed by atoms with van der Waals surface area (Å²) in [5, 5.41) is 8.54. The number of allylic oxidation sites excluding steroid dienone is 1. The second-order valence-corrected chi connectivity index (χ2v) is 4.25. The lowest BCUT2D eigenvalue weighted by Crippen LogP contribution is -1.98. The molecule has 0 saturated carbocycles. The Hall–Kier alpha value is -0.100. The molecule has 0 fully saturated rings. The number of nitrogens with zero attached hydrogens (tertiary/aromatic N) is 2. The number of hydrogen-bond donors (Lipinski definition) is 1. The lowest BCUT2D eigenvalue weighted by molar-refractivity contribution is 0.356. The predicted molar refractivity (Wildman–Crippen MR) is 44.7 cm³/mol. The largest absolute Gasteiger partial charge is 0.388 e. The van der Waals surface area contributed by atoms with Gasteiger partial charge < -0.3 is 5.11 Å². The van der Waals surface area contributed by atoms with E-state index in [0.29, 0.717) is 5.84 Å². The first-order chi connectivity index (χ1) is 4.33. The predicted octanol–water partition coefficient (Wildman–Crippen LogP) is 1.41. The van der Waals surface area contributed by atoms with Crippen LogP contribution in [-0.2, 0) is 0 Å². The van der Waals surface area contributed by atoms with E-state index in [1.165, 1.54) is 3.58 Å². The smallest absolute Gasteiger partial charge is 0.159 e. The highest BCUT2D eigenvalue weighted by molar-refractivity contribution is 14.2. The van der Waals surface area contributed by atoms with Crippen LogP contribution in [0.25, 0.3) is 0 Å². The highest BCUT2D eigenvalue weighted by Crippen LogP contribution is 2.19. The molecule has 1 aliphatic rings. The molecule has 50 valence electrons. The van der Waals surface area contributed by atoms with Gasteiger partial charge in [0.2, 0.25) is 0 Å². The van der Waals surface area contributed by atoms with Crippen LogP contribution < -0.4 is 0 Å². The van der Waals surface area contributed by atoms with Crippen molar-refractivity contribution in [3.8, 4) is 0 Å². The molecule has 0 aromatic rings. The number of rotatable bonds is 1. The molecule has 0 aromatic carbocycles. The summed E-state index contributed by atoms with van der Waals surface area (Å²) in [5.41, 5.74) is 0. The molecule has 0 spiro atoms. The molecule has 0 saturated heterocycles. The zero-order chi connectivity index (χ0) is 6.69. The summed E-state index contributed by atoms with van der Waals surface area (Å²) in [4.78, 5) is 3.89. The first kappa shape index (κ1) is 7.01. The van der Waals surface area contributed by atoms with Crippen molar-refractivity contribution in [3.63, 3.8) is 0 Å². The van der Waals surface area contributed by atoms with Crippen LogP contribution in [0.4, 0.5) is 0 Å². The van der Waals surface area contributed by atoms with E-state index < -0.39 is 0 Å². The molecule has 1 heterocycles. The summed E-state index contributed by atoms with van der Waals surface area (Å²) in [6, 6.07) is 0. The molecule has 0 atom stereocenters. The van der Waals surface area contributed by atoms with Crippen LogP contribution in [0, 0.1) is 0 Å². The van der Waals surface area contributed by atoms with Crippen molar-refractivity contribution in [2.75, 3.05) is 6.61 Å². The van der Waals surface area contributed by atoms with Gasteiger partial charge in [-0.2, -0.15) is 0 Å². The maximum absolute atomic E-state index is 8.54. The van der Waals surface area contributed by atoms with E-state index in [9.17, 15) is 0 Å². The Morgan fingerprint density at radius 2 is 2.56 bits per heavy atom. The van der Waals surface area contributed by atoms with E-state index in [-0.39, 0.29) is 27.6 Å². The van der Waals surface area contributed by atoms with Crippen LogP contribution in [-0.4, -0.2) is 17.5 Å². The average Bonchev–Trinajstić information content (AvgIpc) is 1.90. The molecule has 0 radical (unpaired) electrons. The van der Waals surface area contributed by atoms with E-state index in [1.807, 2.05) is 6.92 Å². The van der Waals surface area contributed by atoms with Gasteiger partial charge in [0.1, 0.15) is 6.61 Å². The summed E-state index contributed by atoms with van der Waals surface area (Å²) in [6.07, 6.45) is 1.78. The van der Waals surface area contributed by atoms with Crippen molar-refractivity contribution in [2.24, 2.45) is 8.14 Å².